The van der Waals surface area contributed by atoms with Crippen LogP contribution in [0.25, 0.3) is 0 Å². The largest absolute Gasteiger partial charge is 0.480 e. The number of halogens is 3. The Bertz CT molecular complexity index is 435. The molecule has 0 aliphatic heterocycles. The third-order valence-corrected chi connectivity index (χ3v) is 2.16. The normalized spacial score (nSPS) is 13.4. The van der Waals surface area contributed by atoms with Crippen LogP contribution >= 0.6 is 0 Å². The van der Waals surface area contributed by atoms with Crippen LogP contribution in [-0.4, -0.2) is 27.1 Å². The first kappa shape index (κ1) is 14.2. The molecule has 1 aromatic heterocycles. The summed E-state index contributed by atoms with van der Waals surface area (Å²) >= 11 is 0. The van der Waals surface area contributed by atoms with Crippen molar-refractivity contribution in [2.24, 2.45) is 5.92 Å². The van der Waals surface area contributed by atoms with Crippen molar-refractivity contribution in [1.82, 2.24) is 9.97 Å². The first-order valence-electron chi connectivity index (χ1n) is 5.11. The Morgan fingerprint density at radius 2 is 2.06 bits per heavy atom. The van der Waals surface area contributed by atoms with E-state index in [0.717, 1.165) is 12.3 Å². The van der Waals surface area contributed by atoms with Crippen LogP contribution < -0.4 is 5.32 Å². The molecule has 0 saturated heterocycles. The van der Waals surface area contributed by atoms with Gasteiger partial charge in [0.05, 0.1) is 0 Å². The highest BCUT2D eigenvalue weighted by molar-refractivity contribution is 5.76. The molecule has 0 fully saturated rings. The first-order chi connectivity index (χ1) is 8.21. The van der Waals surface area contributed by atoms with Crippen molar-refractivity contribution < 1.29 is 23.1 Å². The van der Waals surface area contributed by atoms with Crippen LogP contribution in [0.4, 0.5) is 19.1 Å². The fourth-order valence-corrected chi connectivity index (χ4v) is 1.24. The summed E-state index contributed by atoms with van der Waals surface area (Å²) in [5, 5.41) is 11.3. The van der Waals surface area contributed by atoms with E-state index in [2.05, 4.69) is 15.3 Å². The van der Waals surface area contributed by atoms with Crippen molar-refractivity contribution in [2.45, 2.75) is 26.1 Å². The fourth-order valence-electron chi connectivity index (χ4n) is 1.24. The number of aromatic nitrogens is 2. The van der Waals surface area contributed by atoms with Gasteiger partial charge in [0.2, 0.25) is 5.95 Å². The molecule has 0 bridgehead atoms. The van der Waals surface area contributed by atoms with E-state index >= 15 is 0 Å². The minimum absolute atomic E-state index is 0.319. The van der Waals surface area contributed by atoms with Crippen molar-refractivity contribution in [2.75, 3.05) is 5.32 Å². The molecule has 0 radical (unpaired) electrons. The molecule has 5 nitrogen and oxygen atoms in total. The third kappa shape index (κ3) is 3.57. The van der Waals surface area contributed by atoms with E-state index in [9.17, 15) is 18.0 Å². The zero-order valence-electron chi connectivity index (χ0n) is 9.69. The van der Waals surface area contributed by atoms with Gasteiger partial charge in [-0.25, -0.2) is 14.8 Å². The number of carbonyl (C=O) groups is 1. The molecule has 0 spiro atoms. The molecule has 8 heteroatoms. The van der Waals surface area contributed by atoms with E-state index in [4.69, 9.17) is 5.11 Å². The van der Waals surface area contributed by atoms with Crippen LogP contribution in [0.5, 0.6) is 0 Å². The number of nitrogens with one attached hydrogen (secondary N) is 1. The first-order valence-corrected chi connectivity index (χ1v) is 5.11. The number of anilines is 1. The Morgan fingerprint density at radius 3 is 2.50 bits per heavy atom. The average molecular weight is 263 g/mol. The quantitative estimate of drug-likeness (QED) is 0.869. The number of carboxylic acids is 1. The molecular weight excluding hydrogens is 251 g/mol. The van der Waals surface area contributed by atoms with E-state index in [1.54, 1.807) is 13.8 Å². The smallest absolute Gasteiger partial charge is 0.433 e. The molecule has 0 amide bonds. The lowest BCUT2D eigenvalue weighted by Gasteiger charge is -2.18. The van der Waals surface area contributed by atoms with Crippen LogP contribution in [0.3, 0.4) is 0 Å². The predicted molar refractivity (Wildman–Crippen MR) is 56.9 cm³/mol. The van der Waals surface area contributed by atoms with Crippen LogP contribution in [0.2, 0.25) is 0 Å². The molecule has 1 aromatic rings. The Balaban J connectivity index is 2.94. The Kier molecular flexibility index (Phi) is 4.10. The summed E-state index contributed by atoms with van der Waals surface area (Å²) in [5.41, 5.74) is -1.12. The van der Waals surface area contributed by atoms with Crippen molar-refractivity contribution >= 4 is 11.9 Å². The van der Waals surface area contributed by atoms with E-state index in [0.29, 0.717) is 0 Å². The monoisotopic (exact) mass is 263 g/mol. The van der Waals surface area contributed by atoms with Crippen molar-refractivity contribution in [1.29, 1.82) is 0 Å². The molecule has 0 saturated carbocycles. The van der Waals surface area contributed by atoms with Gasteiger partial charge in [-0.3, -0.25) is 0 Å². The number of alkyl halides is 3. The van der Waals surface area contributed by atoms with Crippen LogP contribution in [0.15, 0.2) is 12.3 Å². The highest BCUT2D eigenvalue weighted by Crippen LogP contribution is 2.27. The maximum Gasteiger partial charge on any atom is 0.433 e. The predicted octanol–water partition coefficient (Wildman–Crippen LogP) is 2.02. The molecule has 0 aliphatic rings. The molecular formula is C10H12F3N3O2. The molecule has 18 heavy (non-hydrogen) atoms. The maximum absolute atomic E-state index is 12.4. The van der Waals surface area contributed by atoms with E-state index in [-0.39, 0.29) is 11.9 Å². The van der Waals surface area contributed by atoms with Gasteiger partial charge in [-0.1, -0.05) is 13.8 Å². The minimum Gasteiger partial charge on any atom is -0.480 e. The minimum atomic E-state index is -4.59. The summed E-state index contributed by atoms with van der Waals surface area (Å²) in [6, 6.07) is -0.329. The second-order valence-electron chi connectivity index (χ2n) is 3.97. The van der Waals surface area contributed by atoms with Crippen molar-refractivity contribution in [3.63, 3.8) is 0 Å². The number of rotatable bonds is 4. The van der Waals surface area contributed by atoms with Gasteiger partial charge in [0.15, 0.2) is 0 Å². The van der Waals surface area contributed by atoms with E-state index in [1.165, 1.54) is 0 Å². The molecule has 0 aliphatic carbocycles. The number of aliphatic carboxylic acids is 1. The number of nitrogens with zero attached hydrogens (tertiary/aromatic N) is 2. The van der Waals surface area contributed by atoms with Crippen LogP contribution in [0, 0.1) is 5.92 Å². The van der Waals surface area contributed by atoms with Gasteiger partial charge in [-0.15, -0.1) is 0 Å². The van der Waals surface area contributed by atoms with Gasteiger partial charge in [0.1, 0.15) is 11.7 Å². The molecule has 1 atom stereocenters. The molecule has 100 valence electrons. The highest BCUT2D eigenvalue weighted by Gasteiger charge is 2.33. The zero-order chi connectivity index (χ0) is 13.9. The number of hydrogen-bond acceptors (Lipinski definition) is 4. The summed E-state index contributed by atoms with van der Waals surface area (Å²) in [6.45, 7) is 3.25. The van der Waals surface area contributed by atoms with Gasteiger partial charge < -0.3 is 10.4 Å². The molecule has 1 unspecified atom stereocenters. The van der Waals surface area contributed by atoms with Crippen molar-refractivity contribution in [3.05, 3.63) is 18.0 Å². The standard InChI is InChI=1S/C10H12F3N3O2/c1-5(2)7(8(17)18)16-9-14-4-3-6(15-9)10(11,12)13/h3-5,7H,1-2H3,(H,17,18)(H,14,15,16). The zero-order valence-corrected chi connectivity index (χ0v) is 9.69. The Morgan fingerprint density at radius 1 is 1.44 bits per heavy atom. The maximum atomic E-state index is 12.4. The third-order valence-electron chi connectivity index (χ3n) is 2.16. The van der Waals surface area contributed by atoms with Gasteiger partial charge in [0.25, 0.3) is 0 Å². The Hall–Kier alpha value is -1.86. The summed E-state index contributed by atoms with van der Waals surface area (Å²) in [7, 11) is 0. The van der Waals surface area contributed by atoms with Gasteiger partial charge in [-0.2, -0.15) is 13.2 Å². The van der Waals surface area contributed by atoms with E-state index in [1.807, 2.05) is 0 Å². The van der Waals surface area contributed by atoms with Gasteiger partial charge in [-0.05, 0) is 12.0 Å². The topological polar surface area (TPSA) is 75.1 Å². The number of carboxylic acid groups (broad SMARTS) is 1. The fraction of sp³-hybridized carbons (Fsp3) is 0.500. The second-order valence-corrected chi connectivity index (χ2v) is 3.97. The lowest BCUT2D eigenvalue weighted by atomic mass is 10.1. The molecule has 2 N–H and O–H groups in total. The SMILES string of the molecule is CC(C)C(Nc1nccc(C(F)(F)F)n1)C(=O)O. The number of hydrogen-bond donors (Lipinski definition) is 2. The molecule has 0 aromatic carbocycles. The highest BCUT2D eigenvalue weighted by atomic mass is 19.4. The van der Waals surface area contributed by atoms with Crippen LogP contribution in [0.1, 0.15) is 19.5 Å². The lowest BCUT2D eigenvalue weighted by Crippen LogP contribution is -2.35. The summed E-state index contributed by atoms with van der Waals surface area (Å²) in [4.78, 5) is 17.7. The van der Waals surface area contributed by atoms with Crippen molar-refractivity contribution in [3.8, 4) is 0 Å². The molecule has 1 rings (SSSR count). The van der Waals surface area contributed by atoms with Crippen LogP contribution in [-0.2, 0) is 11.0 Å². The lowest BCUT2D eigenvalue weighted by molar-refractivity contribution is -0.141. The summed E-state index contributed by atoms with van der Waals surface area (Å²) in [6.07, 6.45) is -3.66. The van der Waals surface area contributed by atoms with E-state index < -0.39 is 23.9 Å². The van der Waals surface area contributed by atoms with Gasteiger partial charge >= 0.3 is 12.1 Å². The second kappa shape index (κ2) is 5.19. The van der Waals surface area contributed by atoms with Gasteiger partial charge in [0, 0.05) is 6.20 Å². The Labute approximate surface area is 101 Å². The summed E-state index contributed by atoms with van der Waals surface area (Å²) < 4.78 is 37.2. The molecule has 1 heterocycles. The summed E-state index contributed by atoms with van der Waals surface area (Å²) in [5.74, 6) is -1.85. The average Bonchev–Trinajstić information content (AvgIpc) is 2.24.